The maximum absolute atomic E-state index is 2.12. The number of hydrogen-bond acceptors (Lipinski definition) is 0. The van der Waals surface area contributed by atoms with Crippen LogP contribution in [0.25, 0.3) is 32.3 Å². The van der Waals surface area contributed by atoms with E-state index < -0.39 is 0 Å². The van der Waals surface area contributed by atoms with Gasteiger partial charge in [0.2, 0.25) is 0 Å². The van der Waals surface area contributed by atoms with Gasteiger partial charge in [-0.2, -0.15) is 0 Å². The molecule has 0 saturated heterocycles. The summed E-state index contributed by atoms with van der Waals surface area (Å²) in [4.78, 5) is 0. The second-order valence-electron chi connectivity index (χ2n) is 9.85. The summed E-state index contributed by atoms with van der Waals surface area (Å²) in [6, 6.07) is 72.4. The van der Waals surface area contributed by atoms with Crippen LogP contribution in [0.15, 0.2) is 212 Å². The zero-order valence-electron chi connectivity index (χ0n) is 62.7. The van der Waals surface area contributed by atoms with Crippen molar-refractivity contribution in [1.29, 1.82) is 0 Å². The van der Waals surface area contributed by atoms with E-state index in [1.54, 1.807) is 0 Å². The Morgan fingerprint density at radius 2 is 0.195 bits per heavy atom. The van der Waals surface area contributed by atoms with E-state index in [1.165, 1.54) is 37.9 Å². The Labute approximate surface area is 524 Å². The van der Waals surface area contributed by atoms with E-state index in [-0.39, 0.29) is 7.43 Å². The Morgan fingerprint density at radius 1 is 0.122 bits per heavy atom. The molecule has 0 aliphatic carbocycles. The van der Waals surface area contributed by atoms with Gasteiger partial charge in [-0.25, -0.2) is 0 Å². The van der Waals surface area contributed by atoms with Crippen molar-refractivity contribution in [2.45, 2.75) is 277 Å². The lowest BCUT2D eigenvalue weighted by molar-refractivity contribution is 1.48. The molecule has 0 spiro atoms. The van der Waals surface area contributed by atoms with Gasteiger partial charge >= 0.3 is 0 Å². The van der Waals surface area contributed by atoms with Gasteiger partial charge in [-0.3, -0.25) is 0 Å². The molecule has 0 heteroatoms. The molecule has 0 unspecified atom stereocenters. The van der Waals surface area contributed by atoms with Crippen LogP contribution >= 0.6 is 0 Å². The van der Waals surface area contributed by atoms with Crippen molar-refractivity contribution in [1.82, 2.24) is 0 Å². The van der Waals surface area contributed by atoms with Crippen molar-refractivity contribution in [3.05, 3.63) is 218 Å². The van der Waals surface area contributed by atoms with Crippen molar-refractivity contribution in [2.24, 2.45) is 0 Å². The van der Waals surface area contributed by atoms with Gasteiger partial charge in [0, 0.05) is 0 Å². The third-order valence-corrected chi connectivity index (χ3v) is 6.58. The average molecular weight is 1140 g/mol. The first kappa shape index (κ1) is 123. The van der Waals surface area contributed by atoms with Gasteiger partial charge in [-0.05, 0) is 39.2 Å². The zero-order valence-corrected chi connectivity index (χ0v) is 62.7. The summed E-state index contributed by atoms with van der Waals surface area (Å²) < 4.78 is 0. The maximum atomic E-state index is 2.12. The molecule has 0 amide bonds. The summed E-state index contributed by atoms with van der Waals surface area (Å²) >= 11 is 0. The molecule has 0 nitrogen and oxygen atoms in total. The normalized spacial score (nSPS) is 6.38. The molecule has 0 fully saturated rings. The number of benzene rings is 8. The molecular weight excluding hydrogens is 985 g/mol. The number of aryl methyl sites for hydroxylation is 1. The fourth-order valence-electron chi connectivity index (χ4n) is 4.32. The van der Waals surface area contributed by atoms with Crippen LogP contribution in [-0.2, 0) is 0 Å². The van der Waals surface area contributed by atoms with Crippen LogP contribution in [0, 0.1) is 6.92 Å². The molecule has 0 N–H and O–H groups in total. The minimum atomic E-state index is 0. The molecule has 0 bridgehead atoms. The molecule has 0 aliphatic rings. The van der Waals surface area contributed by atoms with Crippen LogP contribution in [0.3, 0.4) is 0 Å². The van der Waals surface area contributed by atoms with Crippen LogP contribution in [0.5, 0.6) is 0 Å². The highest BCUT2D eigenvalue weighted by atomic mass is 13.9. The molecule has 8 aromatic carbocycles. The van der Waals surface area contributed by atoms with E-state index in [1.807, 2.05) is 318 Å². The standard InChI is InChI=1S/3C10H8.C7H8.C6H6.19C2H6.CH4/c3*1-2-6-10-8-4-3-7-9(10)5-1;1-7-5-3-2-4-6-7;1-2-4-6-5-3-1;19*1-2;/h3*1-8H;2-6H,1H3;1-6H;19*1-2H3;1H4. The molecule has 0 aliphatic heterocycles. The van der Waals surface area contributed by atoms with Crippen LogP contribution in [0.1, 0.15) is 276 Å². The van der Waals surface area contributed by atoms with E-state index in [9.17, 15) is 0 Å². The molecule has 0 aromatic heterocycles. The van der Waals surface area contributed by atoms with E-state index in [2.05, 4.69) is 165 Å². The van der Waals surface area contributed by atoms with Crippen LogP contribution in [0.2, 0.25) is 0 Å². The van der Waals surface area contributed by atoms with E-state index in [0.29, 0.717) is 0 Å². The predicted octanol–water partition coefficient (Wildman–Crippen LogP) is 32.3. The van der Waals surface area contributed by atoms with Crippen molar-refractivity contribution in [3.8, 4) is 0 Å². The van der Waals surface area contributed by atoms with Gasteiger partial charge in [-0.15, -0.1) is 0 Å². The molecular formula is C82H156. The van der Waals surface area contributed by atoms with Gasteiger partial charge in [0.25, 0.3) is 0 Å². The second kappa shape index (κ2) is 164. The molecule has 484 valence electrons. The van der Waals surface area contributed by atoms with Crippen molar-refractivity contribution in [2.75, 3.05) is 0 Å². The van der Waals surface area contributed by atoms with Gasteiger partial charge in [0.05, 0.1) is 0 Å². The quantitative estimate of drug-likeness (QED) is 0.142. The summed E-state index contributed by atoms with van der Waals surface area (Å²) in [6.45, 7) is 78.1. The number of rotatable bonds is 0. The monoisotopic (exact) mass is 1140 g/mol. The minimum absolute atomic E-state index is 0. The van der Waals surface area contributed by atoms with E-state index in [4.69, 9.17) is 0 Å². The Balaban J connectivity index is -0.0000000376. The molecule has 82 heavy (non-hydrogen) atoms. The third-order valence-electron chi connectivity index (χ3n) is 6.58. The molecule has 0 atom stereocenters. The van der Waals surface area contributed by atoms with Crippen molar-refractivity contribution < 1.29 is 0 Å². The number of fused-ring (bicyclic) bond motifs is 3. The topological polar surface area (TPSA) is 0 Å². The summed E-state index contributed by atoms with van der Waals surface area (Å²) in [5.41, 5.74) is 1.32. The predicted molar refractivity (Wildman–Crippen MR) is 412 cm³/mol. The Hall–Kier alpha value is -5.46. The van der Waals surface area contributed by atoms with E-state index >= 15 is 0 Å². The fraction of sp³-hybridized carbons (Fsp3) is 0.488. The second-order valence-corrected chi connectivity index (χ2v) is 9.85. The largest absolute Gasteiger partial charge is 0.0776 e. The summed E-state index contributed by atoms with van der Waals surface area (Å²) in [6.07, 6.45) is 0. The van der Waals surface area contributed by atoms with Gasteiger partial charge in [0.15, 0.2) is 0 Å². The lowest BCUT2D eigenvalue weighted by Crippen LogP contribution is -1.67. The minimum Gasteiger partial charge on any atom is -0.0776 e. The average Bonchev–Trinajstić information content (AvgIpc) is 3.64. The Bertz CT molecular complexity index is 1480. The lowest BCUT2D eigenvalue weighted by Gasteiger charge is -1.92. The number of hydrogen-bond donors (Lipinski definition) is 0. The first-order chi connectivity index (χ1) is 40.3. The highest BCUT2D eigenvalue weighted by Crippen LogP contribution is 2.13. The van der Waals surface area contributed by atoms with Crippen LogP contribution in [0.4, 0.5) is 0 Å². The van der Waals surface area contributed by atoms with Crippen LogP contribution in [-0.4, -0.2) is 0 Å². The first-order valence-corrected chi connectivity index (χ1v) is 33.6. The molecule has 0 radical (unpaired) electrons. The lowest BCUT2D eigenvalue weighted by atomic mass is 10.1. The first-order valence-electron chi connectivity index (χ1n) is 33.6. The van der Waals surface area contributed by atoms with Gasteiger partial charge in [-0.1, -0.05) is 488 Å². The van der Waals surface area contributed by atoms with Crippen LogP contribution < -0.4 is 0 Å². The SMILES string of the molecule is C.CC.CC.CC.CC.CC.CC.CC.CC.CC.CC.CC.CC.CC.CC.CC.CC.CC.CC.CC.Cc1ccccc1.c1ccc2ccccc2c1.c1ccc2ccccc2c1.c1ccc2ccccc2c1.c1ccccc1. The third kappa shape index (κ3) is 103. The van der Waals surface area contributed by atoms with Crippen molar-refractivity contribution >= 4 is 32.3 Å². The molecule has 8 rings (SSSR count). The summed E-state index contributed by atoms with van der Waals surface area (Å²) in [5, 5.41) is 7.86. The van der Waals surface area contributed by atoms with E-state index in [0.717, 1.165) is 0 Å². The molecule has 0 saturated carbocycles. The summed E-state index contributed by atoms with van der Waals surface area (Å²) in [5.74, 6) is 0. The fourth-order valence-corrected chi connectivity index (χ4v) is 4.32. The van der Waals surface area contributed by atoms with Gasteiger partial charge in [0.1, 0.15) is 0 Å². The van der Waals surface area contributed by atoms with Gasteiger partial charge < -0.3 is 0 Å². The summed E-state index contributed by atoms with van der Waals surface area (Å²) in [7, 11) is 0. The Kier molecular flexibility index (Phi) is 247. The maximum Gasteiger partial charge on any atom is -0.0184 e. The highest BCUT2D eigenvalue weighted by molar-refractivity contribution is 5.83. The Morgan fingerprint density at radius 3 is 0.268 bits per heavy atom. The molecule has 8 aromatic rings. The zero-order chi connectivity index (χ0) is 67.8. The highest BCUT2D eigenvalue weighted by Gasteiger charge is 1.87. The smallest absolute Gasteiger partial charge is 0.0184 e. The van der Waals surface area contributed by atoms with Crippen molar-refractivity contribution in [3.63, 3.8) is 0 Å². The molecule has 0 heterocycles.